The van der Waals surface area contributed by atoms with Gasteiger partial charge >= 0.3 is 0 Å². The zero-order chi connectivity index (χ0) is 12.7. The van der Waals surface area contributed by atoms with E-state index in [9.17, 15) is 0 Å². The van der Waals surface area contributed by atoms with Gasteiger partial charge in [0.15, 0.2) is 0 Å². The fraction of sp³-hybridized carbons (Fsp3) is 1.00. The maximum Gasteiger partial charge on any atom is -0.0357 e. The Kier molecular flexibility index (Phi) is 8.47. The molecule has 0 aliphatic heterocycles. The molecule has 0 fully saturated rings. The van der Waals surface area contributed by atoms with Crippen LogP contribution in [0, 0.1) is 16.7 Å². The van der Waals surface area contributed by atoms with Crippen LogP contribution < -0.4 is 0 Å². The summed E-state index contributed by atoms with van der Waals surface area (Å²) in [4.78, 5) is 0. The molecule has 0 nitrogen and oxygen atoms in total. The lowest BCUT2D eigenvalue weighted by atomic mass is 9.78. The fourth-order valence-corrected chi connectivity index (χ4v) is 1.37. The molecule has 0 saturated heterocycles. The van der Waals surface area contributed by atoms with Crippen LogP contribution in [-0.2, 0) is 0 Å². The smallest absolute Gasteiger partial charge is 0.0357 e. The van der Waals surface area contributed by atoms with Gasteiger partial charge in [-0.25, -0.2) is 0 Å². The van der Waals surface area contributed by atoms with Crippen LogP contribution in [0.2, 0.25) is 0 Å². The molecule has 1 atom stereocenters. The Morgan fingerprint density at radius 1 is 0.867 bits per heavy atom. The third-order valence-corrected chi connectivity index (χ3v) is 3.04. The van der Waals surface area contributed by atoms with Gasteiger partial charge in [-0.05, 0) is 23.2 Å². The summed E-state index contributed by atoms with van der Waals surface area (Å²) >= 11 is 0. The molecule has 0 heterocycles. The maximum atomic E-state index is 2.38. The van der Waals surface area contributed by atoms with E-state index >= 15 is 0 Å². The molecular formula is C15H34. The Bertz CT molecular complexity index is 131. The molecule has 94 valence electrons. The highest BCUT2D eigenvalue weighted by Crippen LogP contribution is 2.31. The van der Waals surface area contributed by atoms with Gasteiger partial charge < -0.3 is 0 Å². The van der Waals surface area contributed by atoms with Gasteiger partial charge in [-0.2, -0.15) is 0 Å². The van der Waals surface area contributed by atoms with Crippen molar-refractivity contribution < 1.29 is 0 Å². The summed E-state index contributed by atoms with van der Waals surface area (Å²) in [7, 11) is 0. The van der Waals surface area contributed by atoms with Gasteiger partial charge in [0, 0.05) is 0 Å². The number of rotatable bonds is 3. The normalized spacial score (nSPS) is 14.2. The molecule has 0 heteroatoms. The van der Waals surface area contributed by atoms with Crippen LogP contribution in [0.1, 0.15) is 81.6 Å². The first-order valence-electron chi connectivity index (χ1n) is 6.63. The SMILES string of the molecule is CC.CC(CCCC(C)(C)C)C(C)(C)C. The van der Waals surface area contributed by atoms with Crippen LogP contribution in [-0.4, -0.2) is 0 Å². The average molecular weight is 214 g/mol. The molecule has 0 aromatic carbocycles. The standard InChI is InChI=1S/C13H28.C2H6/c1-11(13(5,6)7)9-8-10-12(2,3)4;1-2/h11H,8-10H2,1-7H3;1-2H3. The molecule has 0 amide bonds. The Labute approximate surface area is 98.9 Å². The van der Waals surface area contributed by atoms with Crippen molar-refractivity contribution in [2.24, 2.45) is 16.7 Å². The van der Waals surface area contributed by atoms with Crippen LogP contribution in [0.15, 0.2) is 0 Å². The average Bonchev–Trinajstić information content (AvgIpc) is 2.04. The minimum absolute atomic E-state index is 0.484. The number of hydrogen-bond acceptors (Lipinski definition) is 0. The Hall–Kier alpha value is 0. The van der Waals surface area contributed by atoms with Crippen molar-refractivity contribution in [1.82, 2.24) is 0 Å². The minimum Gasteiger partial charge on any atom is -0.0683 e. The van der Waals surface area contributed by atoms with Crippen molar-refractivity contribution >= 4 is 0 Å². The molecule has 0 spiro atoms. The van der Waals surface area contributed by atoms with E-state index in [0.29, 0.717) is 10.8 Å². The highest BCUT2D eigenvalue weighted by Gasteiger charge is 2.20. The molecular weight excluding hydrogens is 180 g/mol. The molecule has 15 heavy (non-hydrogen) atoms. The van der Waals surface area contributed by atoms with E-state index in [-0.39, 0.29) is 0 Å². The first kappa shape index (κ1) is 17.4. The summed E-state index contributed by atoms with van der Waals surface area (Å²) in [5, 5.41) is 0. The molecule has 0 rings (SSSR count). The van der Waals surface area contributed by atoms with Gasteiger partial charge in [0.2, 0.25) is 0 Å². The van der Waals surface area contributed by atoms with Crippen molar-refractivity contribution in [3.63, 3.8) is 0 Å². The van der Waals surface area contributed by atoms with E-state index in [1.54, 1.807) is 0 Å². The van der Waals surface area contributed by atoms with E-state index in [0.717, 1.165) is 5.92 Å². The van der Waals surface area contributed by atoms with Crippen LogP contribution in [0.25, 0.3) is 0 Å². The number of hydrogen-bond donors (Lipinski definition) is 0. The van der Waals surface area contributed by atoms with Crippen molar-refractivity contribution in [3.8, 4) is 0 Å². The third-order valence-electron chi connectivity index (χ3n) is 3.04. The lowest BCUT2D eigenvalue weighted by molar-refractivity contribution is 0.229. The molecule has 0 aromatic heterocycles. The van der Waals surface area contributed by atoms with Crippen LogP contribution in [0.5, 0.6) is 0 Å². The topological polar surface area (TPSA) is 0 Å². The van der Waals surface area contributed by atoms with Crippen LogP contribution >= 0.6 is 0 Å². The Morgan fingerprint density at radius 3 is 1.53 bits per heavy atom. The van der Waals surface area contributed by atoms with E-state index in [4.69, 9.17) is 0 Å². The molecule has 0 radical (unpaired) electrons. The molecule has 0 aromatic rings. The van der Waals surface area contributed by atoms with Gasteiger partial charge in [0.05, 0.1) is 0 Å². The van der Waals surface area contributed by atoms with E-state index in [2.05, 4.69) is 48.5 Å². The zero-order valence-electron chi connectivity index (χ0n) is 12.7. The van der Waals surface area contributed by atoms with E-state index in [1.807, 2.05) is 13.8 Å². The first-order valence-corrected chi connectivity index (χ1v) is 6.63. The molecule has 0 saturated carbocycles. The second-order valence-corrected chi connectivity index (χ2v) is 6.72. The Balaban J connectivity index is 0. The third kappa shape index (κ3) is 11.9. The molecule has 0 N–H and O–H groups in total. The van der Waals surface area contributed by atoms with Crippen molar-refractivity contribution in [3.05, 3.63) is 0 Å². The van der Waals surface area contributed by atoms with Gasteiger partial charge in [-0.1, -0.05) is 75.2 Å². The van der Waals surface area contributed by atoms with Crippen molar-refractivity contribution in [1.29, 1.82) is 0 Å². The molecule has 1 unspecified atom stereocenters. The van der Waals surface area contributed by atoms with Crippen molar-refractivity contribution in [2.45, 2.75) is 81.6 Å². The summed E-state index contributed by atoms with van der Waals surface area (Å²) in [5.74, 6) is 0.842. The second-order valence-electron chi connectivity index (χ2n) is 6.72. The van der Waals surface area contributed by atoms with Crippen LogP contribution in [0.4, 0.5) is 0 Å². The summed E-state index contributed by atoms with van der Waals surface area (Å²) in [5.41, 5.74) is 0.996. The second kappa shape index (κ2) is 7.30. The lowest BCUT2D eigenvalue weighted by Crippen LogP contribution is -2.17. The Morgan fingerprint density at radius 2 is 1.27 bits per heavy atom. The first-order chi connectivity index (χ1) is 6.63. The summed E-state index contributed by atoms with van der Waals surface area (Å²) < 4.78 is 0. The van der Waals surface area contributed by atoms with E-state index < -0.39 is 0 Å². The van der Waals surface area contributed by atoms with Gasteiger partial charge in [0.25, 0.3) is 0 Å². The maximum absolute atomic E-state index is 2.38. The predicted octanol–water partition coefficient (Wildman–Crippen LogP) is 5.91. The highest BCUT2D eigenvalue weighted by atomic mass is 14.3. The predicted molar refractivity (Wildman–Crippen MR) is 73.3 cm³/mol. The minimum atomic E-state index is 0.484. The van der Waals surface area contributed by atoms with E-state index in [1.165, 1.54) is 19.3 Å². The molecule has 0 aliphatic rings. The largest absolute Gasteiger partial charge is 0.0683 e. The van der Waals surface area contributed by atoms with Gasteiger partial charge in [-0.15, -0.1) is 0 Å². The molecule has 0 aliphatic carbocycles. The highest BCUT2D eigenvalue weighted by molar-refractivity contribution is 4.71. The molecule has 0 bridgehead atoms. The summed E-state index contributed by atoms with van der Waals surface area (Å²) in [6.07, 6.45) is 4.11. The summed E-state index contributed by atoms with van der Waals surface area (Å²) in [6, 6.07) is 0. The zero-order valence-corrected chi connectivity index (χ0v) is 12.7. The van der Waals surface area contributed by atoms with Crippen molar-refractivity contribution in [2.75, 3.05) is 0 Å². The monoisotopic (exact) mass is 214 g/mol. The van der Waals surface area contributed by atoms with Crippen LogP contribution in [0.3, 0.4) is 0 Å². The summed E-state index contributed by atoms with van der Waals surface area (Å²) in [6.45, 7) is 20.4. The lowest BCUT2D eigenvalue weighted by Gasteiger charge is -2.28. The van der Waals surface area contributed by atoms with Gasteiger partial charge in [-0.3, -0.25) is 0 Å². The fourth-order valence-electron chi connectivity index (χ4n) is 1.37. The van der Waals surface area contributed by atoms with Gasteiger partial charge in [0.1, 0.15) is 0 Å². The quantitative estimate of drug-likeness (QED) is 0.548.